The monoisotopic (exact) mass is 381 g/mol. The van der Waals surface area contributed by atoms with Crippen LogP contribution in [-0.2, 0) is 14.3 Å². The molecule has 132 valence electrons. The van der Waals surface area contributed by atoms with Crippen LogP contribution in [0.1, 0.15) is 24.9 Å². The number of ether oxygens (including phenoxy) is 1. The quantitative estimate of drug-likeness (QED) is 0.620. The summed E-state index contributed by atoms with van der Waals surface area (Å²) in [5.74, 6) is -2.42. The minimum absolute atomic E-state index is 0.184. The average molecular weight is 381 g/mol. The van der Waals surface area contributed by atoms with E-state index in [1.165, 1.54) is 17.4 Å². The Morgan fingerprint density at radius 1 is 1.20 bits per heavy atom. The van der Waals surface area contributed by atoms with Crippen LogP contribution in [0.3, 0.4) is 0 Å². The van der Waals surface area contributed by atoms with Gasteiger partial charge in [-0.2, -0.15) is 0 Å². The second-order valence-corrected chi connectivity index (χ2v) is 7.03. The second-order valence-electron chi connectivity index (χ2n) is 4.83. The van der Waals surface area contributed by atoms with Crippen LogP contribution < -0.4 is 16.4 Å². The minimum Gasteiger partial charge on any atom is -0.454 e. The Hall–Kier alpha value is -2.72. The van der Waals surface area contributed by atoms with Gasteiger partial charge < -0.3 is 21.1 Å². The molecule has 25 heavy (non-hydrogen) atoms. The third-order valence-electron chi connectivity index (χ3n) is 2.91. The molecule has 8 nitrogen and oxygen atoms in total. The van der Waals surface area contributed by atoms with Crippen molar-refractivity contribution in [3.63, 3.8) is 0 Å². The Labute approximate surface area is 151 Å². The lowest BCUT2D eigenvalue weighted by molar-refractivity contribution is -0.146. The number of esters is 1. The fourth-order valence-electron chi connectivity index (χ4n) is 1.76. The molecule has 2 rings (SSSR count). The van der Waals surface area contributed by atoms with Gasteiger partial charge in [0.05, 0.1) is 10.4 Å². The zero-order valence-corrected chi connectivity index (χ0v) is 14.8. The lowest BCUT2D eigenvalue weighted by Crippen LogP contribution is -2.31. The first-order valence-electron chi connectivity index (χ1n) is 7.04. The number of hydrogen-bond donors (Lipinski definition) is 3. The van der Waals surface area contributed by atoms with E-state index in [0.29, 0.717) is 4.88 Å². The van der Waals surface area contributed by atoms with E-state index in [1.807, 2.05) is 6.92 Å². The van der Waals surface area contributed by atoms with Crippen molar-refractivity contribution in [1.29, 1.82) is 0 Å². The van der Waals surface area contributed by atoms with Gasteiger partial charge in [0.2, 0.25) is 0 Å². The first-order chi connectivity index (χ1) is 11.9. The minimum atomic E-state index is -0.752. The Morgan fingerprint density at radius 2 is 1.96 bits per heavy atom. The average Bonchev–Trinajstić information content (AvgIpc) is 3.19. The number of thiophene rings is 2. The molecular weight excluding hydrogens is 366 g/mol. The molecule has 0 aliphatic rings. The number of aryl methyl sites for hydroxylation is 1. The van der Waals surface area contributed by atoms with Crippen molar-refractivity contribution < 1.29 is 23.9 Å². The molecule has 0 unspecified atom stereocenters. The second kappa shape index (κ2) is 8.40. The van der Waals surface area contributed by atoms with Gasteiger partial charge in [0.15, 0.2) is 6.61 Å². The molecule has 2 aromatic heterocycles. The van der Waals surface area contributed by atoms with Crippen molar-refractivity contribution >= 4 is 51.4 Å². The fourth-order valence-corrected chi connectivity index (χ4v) is 3.35. The van der Waals surface area contributed by atoms with E-state index in [0.717, 1.165) is 16.2 Å². The molecule has 0 aromatic carbocycles. The first kappa shape index (κ1) is 18.6. The van der Waals surface area contributed by atoms with E-state index >= 15 is 0 Å². The molecule has 0 aliphatic heterocycles. The van der Waals surface area contributed by atoms with E-state index in [9.17, 15) is 19.2 Å². The van der Waals surface area contributed by atoms with E-state index in [-0.39, 0.29) is 23.0 Å². The molecule has 0 spiro atoms. The standard InChI is InChI=1S/C15H15N3O5S2/c1-8-2-3-10(25-8)14(22)17-6-12(20)23-7-11(19)18-15-9(13(16)21)4-5-24-15/h2-5H,6-7H2,1H3,(H2,16,21)(H,17,22)(H,18,19). The molecule has 2 aromatic rings. The first-order valence-corrected chi connectivity index (χ1v) is 8.74. The van der Waals surface area contributed by atoms with Gasteiger partial charge in [0.1, 0.15) is 11.5 Å². The number of amides is 3. The number of rotatable bonds is 7. The van der Waals surface area contributed by atoms with Gasteiger partial charge in [-0.05, 0) is 30.5 Å². The van der Waals surface area contributed by atoms with Crippen molar-refractivity contribution in [2.45, 2.75) is 6.92 Å². The van der Waals surface area contributed by atoms with E-state index < -0.39 is 24.4 Å². The number of carbonyl (C=O) groups excluding carboxylic acids is 4. The maximum atomic E-state index is 11.8. The van der Waals surface area contributed by atoms with Gasteiger partial charge >= 0.3 is 5.97 Å². The van der Waals surface area contributed by atoms with Gasteiger partial charge in [-0.15, -0.1) is 22.7 Å². The van der Waals surface area contributed by atoms with Crippen LogP contribution in [0.2, 0.25) is 0 Å². The van der Waals surface area contributed by atoms with Crippen LogP contribution in [0.5, 0.6) is 0 Å². The van der Waals surface area contributed by atoms with E-state index in [2.05, 4.69) is 10.6 Å². The summed E-state index contributed by atoms with van der Waals surface area (Å²) in [4.78, 5) is 47.7. The number of carbonyl (C=O) groups is 4. The largest absolute Gasteiger partial charge is 0.454 e. The lowest BCUT2D eigenvalue weighted by atomic mass is 10.3. The summed E-state index contributed by atoms with van der Waals surface area (Å²) >= 11 is 2.43. The maximum absolute atomic E-state index is 11.8. The molecule has 4 N–H and O–H groups in total. The molecule has 0 bridgehead atoms. The van der Waals surface area contributed by atoms with Crippen molar-refractivity contribution in [3.05, 3.63) is 38.9 Å². The Kier molecular flexibility index (Phi) is 6.25. The molecule has 0 fully saturated rings. The maximum Gasteiger partial charge on any atom is 0.325 e. The Bertz CT molecular complexity index is 812. The van der Waals surface area contributed by atoms with Crippen LogP contribution in [0.15, 0.2) is 23.6 Å². The smallest absolute Gasteiger partial charge is 0.325 e. The predicted octanol–water partition coefficient (Wildman–Crippen LogP) is 1.13. The lowest BCUT2D eigenvalue weighted by Gasteiger charge is -2.07. The highest BCUT2D eigenvalue weighted by atomic mass is 32.1. The third-order valence-corrected chi connectivity index (χ3v) is 4.73. The zero-order chi connectivity index (χ0) is 18.4. The van der Waals surface area contributed by atoms with Gasteiger partial charge in [-0.1, -0.05) is 0 Å². The number of nitrogens with one attached hydrogen (secondary N) is 2. The summed E-state index contributed by atoms with van der Waals surface area (Å²) < 4.78 is 4.77. The summed E-state index contributed by atoms with van der Waals surface area (Å²) in [6.07, 6.45) is 0. The number of anilines is 1. The molecule has 0 aliphatic carbocycles. The van der Waals surface area contributed by atoms with Crippen molar-refractivity contribution in [2.75, 3.05) is 18.5 Å². The summed E-state index contributed by atoms with van der Waals surface area (Å²) in [6.45, 7) is 0.975. The molecule has 0 saturated heterocycles. The number of nitrogens with two attached hydrogens (primary N) is 1. The summed E-state index contributed by atoms with van der Waals surface area (Å²) in [5, 5.41) is 6.74. The highest BCUT2D eigenvalue weighted by Crippen LogP contribution is 2.22. The molecule has 2 heterocycles. The van der Waals surface area contributed by atoms with Gasteiger partial charge in [0.25, 0.3) is 17.7 Å². The summed E-state index contributed by atoms with van der Waals surface area (Å²) in [6, 6.07) is 4.94. The van der Waals surface area contributed by atoms with Crippen LogP contribution in [0, 0.1) is 6.92 Å². The summed E-state index contributed by atoms with van der Waals surface area (Å²) in [7, 11) is 0. The Balaban J connectivity index is 1.74. The van der Waals surface area contributed by atoms with Crippen LogP contribution in [0.25, 0.3) is 0 Å². The zero-order valence-electron chi connectivity index (χ0n) is 13.2. The van der Waals surface area contributed by atoms with E-state index in [4.69, 9.17) is 10.5 Å². The third kappa shape index (κ3) is 5.40. The topological polar surface area (TPSA) is 128 Å². The van der Waals surface area contributed by atoms with Crippen molar-refractivity contribution in [3.8, 4) is 0 Å². The van der Waals surface area contributed by atoms with Crippen LogP contribution in [-0.4, -0.2) is 36.8 Å². The SMILES string of the molecule is Cc1ccc(C(=O)NCC(=O)OCC(=O)Nc2sccc2C(N)=O)s1. The highest BCUT2D eigenvalue weighted by molar-refractivity contribution is 7.14. The summed E-state index contributed by atoms with van der Waals surface area (Å²) in [5.41, 5.74) is 5.35. The van der Waals surface area contributed by atoms with Gasteiger partial charge in [-0.25, -0.2) is 0 Å². The molecule has 10 heteroatoms. The molecular formula is C15H15N3O5S2. The number of hydrogen-bond acceptors (Lipinski definition) is 7. The molecule has 0 saturated carbocycles. The highest BCUT2D eigenvalue weighted by Gasteiger charge is 2.15. The molecule has 0 radical (unpaired) electrons. The molecule has 0 atom stereocenters. The van der Waals surface area contributed by atoms with Gasteiger partial charge in [-0.3, -0.25) is 19.2 Å². The normalized spacial score (nSPS) is 10.1. The number of primary amides is 1. The fraction of sp³-hybridized carbons (Fsp3) is 0.200. The van der Waals surface area contributed by atoms with E-state index in [1.54, 1.807) is 17.5 Å². The Morgan fingerprint density at radius 3 is 2.60 bits per heavy atom. The van der Waals surface area contributed by atoms with Crippen LogP contribution >= 0.6 is 22.7 Å². The predicted molar refractivity (Wildman–Crippen MR) is 93.8 cm³/mol. The van der Waals surface area contributed by atoms with Gasteiger partial charge in [0, 0.05) is 4.88 Å². The van der Waals surface area contributed by atoms with Crippen LogP contribution in [0.4, 0.5) is 5.00 Å². The molecule has 3 amide bonds. The van der Waals surface area contributed by atoms with Crippen molar-refractivity contribution in [1.82, 2.24) is 5.32 Å². The van der Waals surface area contributed by atoms with Crippen molar-refractivity contribution in [2.24, 2.45) is 5.73 Å².